The molecular formula is C17H17NO3. The standard InChI is InChI=1S/C17H17NO3/c1-12-8-13(9-18)6-7-15(12)11-21-17-14(10-19)4-3-5-16(17)20-2/h3-8,19H,10-11H2,1-2H3. The molecule has 2 aromatic carbocycles. The summed E-state index contributed by atoms with van der Waals surface area (Å²) in [4.78, 5) is 0. The second-order valence-electron chi connectivity index (χ2n) is 4.65. The molecule has 21 heavy (non-hydrogen) atoms. The number of nitrogens with zero attached hydrogens (tertiary/aromatic N) is 1. The highest BCUT2D eigenvalue weighted by molar-refractivity contribution is 5.46. The summed E-state index contributed by atoms with van der Waals surface area (Å²) < 4.78 is 11.1. The number of aliphatic hydroxyl groups is 1. The minimum atomic E-state index is -0.112. The van der Waals surface area contributed by atoms with Crippen molar-refractivity contribution in [2.24, 2.45) is 0 Å². The largest absolute Gasteiger partial charge is 0.493 e. The second-order valence-corrected chi connectivity index (χ2v) is 4.65. The summed E-state index contributed by atoms with van der Waals surface area (Å²) in [6, 6.07) is 13.0. The van der Waals surface area contributed by atoms with Crippen LogP contribution in [-0.2, 0) is 13.2 Å². The lowest BCUT2D eigenvalue weighted by Crippen LogP contribution is -2.02. The molecule has 0 aliphatic rings. The average Bonchev–Trinajstić information content (AvgIpc) is 2.53. The van der Waals surface area contributed by atoms with Crippen LogP contribution >= 0.6 is 0 Å². The first-order valence-corrected chi connectivity index (χ1v) is 6.58. The van der Waals surface area contributed by atoms with Crippen molar-refractivity contribution < 1.29 is 14.6 Å². The molecular weight excluding hydrogens is 266 g/mol. The van der Waals surface area contributed by atoms with Gasteiger partial charge in [-0.2, -0.15) is 5.26 Å². The van der Waals surface area contributed by atoms with E-state index in [0.717, 1.165) is 11.1 Å². The van der Waals surface area contributed by atoms with E-state index < -0.39 is 0 Å². The fourth-order valence-corrected chi connectivity index (χ4v) is 2.09. The van der Waals surface area contributed by atoms with Crippen molar-refractivity contribution in [3.63, 3.8) is 0 Å². The van der Waals surface area contributed by atoms with Gasteiger partial charge in [-0.05, 0) is 36.2 Å². The van der Waals surface area contributed by atoms with E-state index in [1.165, 1.54) is 0 Å². The van der Waals surface area contributed by atoms with Gasteiger partial charge in [-0.3, -0.25) is 0 Å². The first-order chi connectivity index (χ1) is 10.2. The SMILES string of the molecule is COc1cccc(CO)c1OCc1ccc(C#N)cc1C. The van der Waals surface area contributed by atoms with Gasteiger partial charge in [0.15, 0.2) is 11.5 Å². The molecule has 0 saturated heterocycles. The van der Waals surface area contributed by atoms with Crippen LogP contribution in [0.5, 0.6) is 11.5 Å². The van der Waals surface area contributed by atoms with Gasteiger partial charge in [0, 0.05) is 5.56 Å². The van der Waals surface area contributed by atoms with Crippen molar-refractivity contribution >= 4 is 0 Å². The topological polar surface area (TPSA) is 62.5 Å². The zero-order valence-electron chi connectivity index (χ0n) is 12.1. The Labute approximate surface area is 124 Å². The molecule has 2 rings (SSSR count). The van der Waals surface area contributed by atoms with Crippen molar-refractivity contribution in [1.82, 2.24) is 0 Å². The average molecular weight is 283 g/mol. The van der Waals surface area contributed by atoms with E-state index >= 15 is 0 Å². The molecule has 0 aromatic heterocycles. The molecule has 2 aromatic rings. The molecule has 0 radical (unpaired) electrons. The quantitative estimate of drug-likeness (QED) is 0.916. The van der Waals surface area contributed by atoms with Crippen LogP contribution in [0.25, 0.3) is 0 Å². The summed E-state index contributed by atoms with van der Waals surface area (Å²) in [6.45, 7) is 2.18. The van der Waals surface area contributed by atoms with E-state index in [2.05, 4.69) is 6.07 Å². The Bertz CT molecular complexity index is 652. The van der Waals surface area contributed by atoms with E-state index in [0.29, 0.717) is 29.2 Å². The monoisotopic (exact) mass is 283 g/mol. The lowest BCUT2D eigenvalue weighted by Gasteiger charge is -2.15. The number of methoxy groups -OCH3 is 1. The van der Waals surface area contributed by atoms with Crippen molar-refractivity contribution in [3.8, 4) is 17.6 Å². The number of benzene rings is 2. The molecule has 0 aliphatic carbocycles. The first-order valence-electron chi connectivity index (χ1n) is 6.58. The van der Waals surface area contributed by atoms with Gasteiger partial charge in [-0.1, -0.05) is 18.2 Å². The number of nitriles is 1. The van der Waals surface area contributed by atoms with Crippen LogP contribution in [-0.4, -0.2) is 12.2 Å². The molecule has 0 bridgehead atoms. The third kappa shape index (κ3) is 3.33. The summed E-state index contributed by atoms with van der Waals surface area (Å²) in [7, 11) is 1.57. The third-order valence-electron chi connectivity index (χ3n) is 3.29. The lowest BCUT2D eigenvalue weighted by atomic mass is 10.1. The summed E-state index contributed by atoms with van der Waals surface area (Å²) in [5.74, 6) is 1.14. The van der Waals surface area contributed by atoms with Gasteiger partial charge >= 0.3 is 0 Å². The van der Waals surface area contributed by atoms with Crippen LogP contribution in [0.3, 0.4) is 0 Å². The molecule has 1 N–H and O–H groups in total. The summed E-state index contributed by atoms with van der Waals surface area (Å²) in [5.41, 5.74) is 3.29. The number of hydrogen-bond acceptors (Lipinski definition) is 4. The van der Waals surface area contributed by atoms with Crippen LogP contribution in [0.4, 0.5) is 0 Å². The van der Waals surface area contributed by atoms with Gasteiger partial charge in [0.1, 0.15) is 6.61 Å². The lowest BCUT2D eigenvalue weighted by molar-refractivity contribution is 0.249. The van der Waals surface area contributed by atoms with Gasteiger partial charge in [-0.25, -0.2) is 0 Å². The van der Waals surface area contributed by atoms with E-state index in [-0.39, 0.29) is 6.61 Å². The number of para-hydroxylation sites is 1. The Balaban J connectivity index is 2.22. The molecule has 4 heteroatoms. The van der Waals surface area contributed by atoms with E-state index in [9.17, 15) is 5.11 Å². The minimum Gasteiger partial charge on any atom is -0.493 e. The fourth-order valence-electron chi connectivity index (χ4n) is 2.09. The highest BCUT2D eigenvalue weighted by Crippen LogP contribution is 2.32. The Morgan fingerprint density at radius 3 is 2.62 bits per heavy atom. The van der Waals surface area contributed by atoms with Crippen molar-refractivity contribution in [3.05, 3.63) is 58.7 Å². The van der Waals surface area contributed by atoms with Gasteiger partial charge < -0.3 is 14.6 Å². The van der Waals surface area contributed by atoms with Crippen LogP contribution in [0.15, 0.2) is 36.4 Å². The summed E-state index contributed by atoms with van der Waals surface area (Å²) in [5, 5.41) is 18.3. The minimum absolute atomic E-state index is 0.112. The Kier molecular flexibility index (Phi) is 4.81. The summed E-state index contributed by atoms with van der Waals surface area (Å²) >= 11 is 0. The molecule has 0 saturated carbocycles. The van der Waals surface area contributed by atoms with Gasteiger partial charge in [0.2, 0.25) is 0 Å². The van der Waals surface area contributed by atoms with Gasteiger partial charge in [0.05, 0.1) is 25.3 Å². The molecule has 0 spiro atoms. The highest BCUT2D eigenvalue weighted by atomic mass is 16.5. The number of ether oxygens (including phenoxy) is 2. The normalized spacial score (nSPS) is 10.0. The molecule has 0 amide bonds. The van der Waals surface area contributed by atoms with Crippen molar-refractivity contribution in [2.45, 2.75) is 20.1 Å². The molecule has 4 nitrogen and oxygen atoms in total. The molecule has 108 valence electrons. The van der Waals surface area contributed by atoms with Crippen LogP contribution < -0.4 is 9.47 Å². The number of aliphatic hydroxyl groups excluding tert-OH is 1. The van der Waals surface area contributed by atoms with Crippen LogP contribution in [0.1, 0.15) is 22.3 Å². The Morgan fingerprint density at radius 1 is 1.19 bits per heavy atom. The zero-order valence-corrected chi connectivity index (χ0v) is 12.1. The molecule has 0 fully saturated rings. The Hall–Kier alpha value is -2.51. The van der Waals surface area contributed by atoms with Crippen LogP contribution in [0, 0.1) is 18.3 Å². The number of rotatable bonds is 5. The maximum atomic E-state index is 9.39. The van der Waals surface area contributed by atoms with E-state index in [4.69, 9.17) is 14.7 Å². The maximum Gasteiger partial charge on any atom is 0.167 e. The molecule has 0 heterocycles. The molecule has 0 atom stereocenters. The predicted octanol–water partition coefficient (Wildman–Crippen LogP) is 2.95. The highest BCUT2D eigenvalue weighted by Gasteiger charge is 2.11. The first kappa shape index (κ1) is 14.9. The van der Waals surface area contributed by atoms with E-state index in [1.54, 1.807) is 25.3 Å². The van der Waals surface area contributed by atoms with Gasteiger partial charge in [0.25, 0.3) is 0 Å². The maximum absolute atomic E-state index is 9.39. The zero-order chi connectivity index (χ0) is 15.2. The smallest absolute Gasteiger partial charge is 0.167 e. The second kappa shape index (κ2) is 6.78. The van der Waals surface area contributed by atoms with Crippen LogP contribution in [0.2, 0.25) is 0 Å². The fraction of sp³-hybridized carbons (Fsp3) is 0.235. The third-order valence-corrected chi connectivity index (χ3v) is 3.29. The Morgan fingerprint density at radius 2 is 2.00 bits per heavy atom. The molecule has 0 unspecified atom stereocenters. The molecule has 0 aliphatic heterocycles. The number of hydrogen-bond donors (Lipinski definition) is 1. The van der Waals surface area contributed by atoms with Gasteiger partial charge in [-0.15, -0.1) is 0 Å². The van der Waals surface area contributed by atoms with E-state index in [1.807, 2.05) is 25.1 Å². The van der Waals surface area contributed by atoms with Crippen molar-refractivity contribution in [1.29, 1.82) is 5.26 Å². The summed E-state index contributed by atoms with van der Waals surface area (Å²) in [6.07, 6.45) is 0. The van der Waals surface area contributed by atoms with Crippen molar-refractivity contribution in [2.75, 3.05) is 7.11 Å². The number of aryl methyl sites for hydroxylation is 1. The predicted molar refractivity (Wildman–Crippen MR) is 79.1 cm³/mol.